The van der Waals surface area contributed by atoms with Crippen molar-refractivity contribution in [3.63, 3.8) is 0 Å². The molecule has 9 aromatic carbocycles. The summed E-state index contributed by atoms with van der Waals surface area (Å²) in [5.41, 5.74) is 12.6. The highest BCUT2D eigenvalue weighted by Gasteiger charge is 2.21. The predicted molar refractivity (Wildman–Crippen MR) is 260 cm³/mol. The van der Waals surface area contributed by atoms with Crippen molar-refractivity contribution in [2.45, 2.75) is 0 Å². The van der Waals surface area contributed by atoms with Crippen LogP contribution < -0.4 is 0 Å². The molecule has 0 saturated heterocycles. The van der Waals surface area contributed by atoms with Crippen LogP contribution in [0, 0.1) is 0 Å². The van der Waals surface area contributed by atoms with Crippen molar-refractivity contribution in [1.29, 1.82) is 0 Å². The summed E-state index contributed by atoms with van der Waals surface area (Å²) in [5, 5.41) is 6.66. The summed E-state index contributed by atoms with van der Waals surface area (Å²) in [6.07, 6.45) is 0. The first-order chi connectivity index (χ1) is 31.2. The normalized spacial score (nSPS) is 11.8. The summed E-state index contributed by atoms with van der Waals surface area (Å²) in [5.74, 6) is 1.78. The molecular formula is C57H33N3O2S. The van der Waals surface area contributed by atoms with Gasteiger partial charge in [0.1, 0.15) is 22.3 Å². The summed E-state index contributed by atoms with van der Waals surface area (Å²) in [6.45, 7) is 0. The predicted octanol–water partition coefficient (Wildman–Crippen LogP) is 16.0. The lowest BCUT2D eigenvalue weighted by Crippen LogP contribution is -2.00. The van der Waals surface area contributed by atoms with E-state index in [1.54, 1.807) is 0 Å². The lowest BCUT2D eigenvalue weighted by molar-refractivity contribution is 0.669. The lowest BCUT2D eigenvalue weighted by atomic mass is 9.93. The Bertz CT molecular complexity index is 3900. The van der Waals surface area contributed by atoms with E-state index >= 15 is 0 Å². The Kier molecular flexibility index (Phi) is 8.01. The van der Waals surface area contributed by atoms with Crippen molar-refractivity contribution >= 4 is 75.4 Å². The van der Waals surface area contributed by atoms with Gasteiger partial charge in [0.15, 0.2) is 17.5 Å². The molecule has 13 aromatic rings. The van der Waals surface area contributed by atoms with Gasteiger partial charge >= 0.3 is 0 Å². The van der Waals surface area contributed by atoms with Crippen molar-refractivity contribution in [3.05, 3.63) is 200 Å². The van der Waals surface area contributed by atoms with Gasteiger partial charge in [0.05, 0.1) is 0 Å². The number of fused-ring (bicyclic) bond motifs is 9. The highest BCUT2D eigenvalue weighted by molar-refractivity contribution is 7.25. The Hall–Kier alpha value is -8.19. The second kappa shape index (κ2) is 14.2. The molecule has 0 atom stereocenters. The van der Waals surface area contributed by atoms with Crippen LogP contribution in [0.3, 0.4) is 0 Å². The number of hydrogen-bond donors (Lipinski definition) is 0. The number of thiophene rings is 1. The van der Waals surface area contributed by atoms with Crippen molar-refractivity contribution in [2.24, 2.45) is 0 Å². The molecule has 5 nitrogen and oxygen atoms in total. The third-order valence-electron chi connectivity index (χ3n) is 12.2. The molecule has 0 aliphatic carbocycles. The maximum Gasteiger partial charge on any atom is 0.164 e. The average Bonchev–Trinajstić information content (AvgIpc) is 4.05. The maximum atomic E-state index is 6.62. The monoisotopic (exact) mass is 823 g/mol. The third kappa shape index (κ3) is 5.95. The minimum atomic E-state index is 0.575. The van der Waals surface area contributed by atoms with Gasteiger partial charge in [0.25, 0.3) is 0 Å². The molecule has 0 aliphatic rings. The Balaban J connectivity index is 0.995. The fourth-order valence-electron chi connectivity index (χ4n) is 9.12. The van der Waals surface area contributed by atoms with E-state index in [4.69, 9.17) is 23.8 Å². The van der Waals surface area contributed by atoms with Crippen LogP contribution >= 0.6 is 11.3 Å². The fourth-order valence-corrected chi connectivity index (χ4v) is 10.3. The topological polar surface area (TPSA) is 65.0 Å². The molecule has 13 rings (SSSR count). The van der Waals surface area contributed by atoms with Crippen molar-refractivity contribution in [2.75, 3.05) is 0 Å². The zero-order chi connectivity index (χ0) is 41.4. The molecular weight excluding hydrogens is 791 g/mol. The first-order valence-electron chi connectivity index (χ1n) is 21.0. The van der Waals surface area contributed by atoms with Gasteiger partial charge in [0.2, 0.25) is 0 Å². The van der Waals surface area contributed by atoms with E-state index in [-0.39, 0.29) is 0 Å². The molecule has 63 heavy (non-hydrogen) atoms. The Morgan fingerprint density at radius 1 is 0.286 bits per heavy atom. The minimum Gasteiger partial charge on any atom is -0.456 e. The molecule has 4 heterocycles. The van der Waals surface area contributed by atoms with Crippen LogP contribution in [0.2, 0.25) is 0 Å². The smallest absolute Gasteiger partial charge is 0.164 e. The lowest BCUT2D eigenvalue weighted by Gasteiger charge is -2.11. The number of furan rings is 2. The number of hydrogen-bond acceptors (Lipinski definition) is 6. The summed E-state index contributed by atoms with van der Waals surface area (Å²) in [6, 6.07) is 69.8. The highest BCUT2D eigenvalue weighted by atomic mass is 32.1. The molecule has 0 bridgehead atoms. The maximum absolute atomic E-state index is 6.62. The molecule has 4 aromatic heterocycles. The Morgan fingerprint density at radius 3 is 1.68 bits per heavy atom. The zero-order valence-electron chi connectivity index (χ0n) is 33.6. The molecule has 0 spiro atoms. The third-order valence-corrected chi connectivity index (χ3v) is 13.3. The summed E-state index contributed by atoms with van der Waals surface area (Å²) in [4.78, 5) is 15.4. The van der Waals surface area contributed by atoms with Gasteiger partial charge in [-0.1, -0.05) is 152 Å². The van der Waals surface area contributed by atoms with Crippen molar-refractivity contribution in [3.8, 4) is 67.5 Å². The standard InChI is InChI=1S/C57H33N3O2S/c1-3-12-34(13-4-1)35-22-24-37(25-23-35)56-58-55(36-14-5-2-6-15-36)59-57(60-56)44-18-11-20-49-54(44)46-30-39(27-29-48(46)61-49)45-31-40(32-50-53(45)43-17-7-9-19-47(43)62-50)38-26-28-42-41-16-8-10-21-51(41)63-52(42)33-38/h1-33H. The van der Waals surface area contributed by atoms with E-state index in [1.165, 1.54) is 20.2 Å². The molecule has 0 fully saturated rings. The van der Waals surface area contributed by atoms with Gasteiger partial charge in [-0.05, 0) is 81.9 Å². The fraction of sp³-hybridized carbons (Fsp3) is 0. The number of aromatic nitrogens is 3. The van der Waals surface area contributed by atoms with Crippen molar-refractivity contribution < 1.29 is 8.83 Å². The van der Waals surface area contributed by atoms with Gasteiger partial charge in [-0.15, -0.1) is 11.3 Å². The molecule has 0 N–H and O–H groups in total. The van der Waals surface area contributed by atoms with Crippen LogP contribution in [0.1, 0.15) is 0 Å². The number of rotatable bonds is 6. The number of nitrogens with zero attached hydrogens (tertiary/aromatic N) is 3. The van der Waals surface area contributed by atoms with Gasteiger partial charge in [0, 0.05) is 58.4 Å². The van der Waals surface area contributed by atoms with Gasteiger partial charge in [-0.2, -0.15) is 0 Å². The van der Waals surface area contributed by atoms with Crippen LogP contribution in [0.5, 0.6) is 0 Å². The van der Waals surface area contributed by atoms with Crippen LogP contribution in [-0.4, -0.2) is 15.0 Å². The van der Waals surface area contributed by atoms with E-state index in [0.29, 0.717) is 17.5 Å². The number of para-hydroxylation sites is 1. The van der Waals surface area contributed by atoms with Crippen LogP contribution in [0.4, 0.5) is 0 Å². The van der Waals surface area contributed by atoms with Gasteiger partial charge < -0.3 is 8.83 Å². The van der Waals surface area contributed by atoms with Gasteiger partial charge in [-0.3, -0.25) is 0 Å². The highest BCUT2D eigenvalue weighted by Crippen LogP contribution is 2.44. The van der Waals surface area contributed by atoms with Crippen LogP contribution in [0.25, 0.3) is 132 Å². The van der Waals surface area contributed by atoms with E-state index < -0.39 is 0 Å². The van der Waals surface area contributed by atoms with E-state index in [9.17, 15) is 0 Å². The second-order valence-corrected chi connectivity index (χ2v) is 17.0. The molecule has 0 amide bonds. The van der Waals surface area contributed by atoms with Crippen LogP contribution in [-0.2, 0) is 0 Å². The second-order valence-electron chi connectivity index (χ2n) is 15.9. The first kappa shape index (κ1) is 35.6. The summed E-state index contributed by atoms with van der Waals surface area (Å²) < 4.78 is 15.8. The average molecular weight is 824 g/mol. The number of benzene rings is 9. The van der Waals surface area contributed by atoms with Gasteiger partial charge in [-0.25, -0.2) is 15.0 Å². The minimum absolute atomic E-state index is 0.575. The first-order valence-corrected chi connectivity index (χ1v) is 21.8. The summed E-state index contributed by atoms with van der Waals surface area (Å²) in [7, 11) is 0. The molecule has 0 saturated carbocycles. The van der Waals surface area contributed by atoms with Crippen molar-refractivity contribution in [1.82, 2.24) is 15.0 Å². The van der Waals surface area contributed by atoms with Crippen LogP contribution in [0.15, 0.2) is 209 Å². The Labute approximate surface area is 365 Å². The van der Waals surface area contributed by atoms with E-state index in [0.717, 1.165) is 93.9 Å². The molecule has 0 unspecified atom stereocenters. The SMILES string of the molecule is c1ccc(-c2ccc(-c3nc(-c4ccccc4)nc(-c4cccc5oc6ccc(-c7cc(-c8ccc9c(c8)sc8ccccc89)cc8oc9ccccc9c78)cc6c45)n3)cc2)cc1. The molecule has 6 heteroatoms. The van der Waals surface area contributed by atoms with E-state index in [1.807, 2.05) is 72.0 Å². The zero-order valence-corrected chi connectivity index (χ0v) is 34.4. The summed E-state index contributed by atoms with van der Waals surface area (Å²) >= 11 is 1.83. The van der Waals surface area contributed by atoms with E-state index in [2.05, 4.69) is 140 Å². The Morgan fingerprint density at radius 2 is 0.857 bits per heavy atom. The molecule has 294 valence electrons. The largest absolute Gasteiger partial charge is 0.456 e. The molecule has 0 radical (unpaired) electrons. The quantitative estimate of drug-likeness (QED) is 0.167. The molecule has 0 aliphatic heterocycles.